The van der Waals surface area contributed by atoms with E-state index in [2.05, 4.69) is 59.9 Å². The van der Waals surface area contributed by atoms with Crippen LogP contribution in [0.3, 0.4) is 0 Å². The molecule has 0 bridgehead atoms. The van der Waals surface area contributed by atoms with Crippen LogP contribution in [0.4, 0.5) is 5.82 Å². The molecule has 0 N–H and O–H groups in total. The molecule has 0 radical (unpaired) electrons. The maximum absolute atomic E-state index is 6.43. The van der Waals surface area contributed by atoms with E-state index in [0.29, 0.717) is 0 Å². The third-order valence-electron chi connectivity index (χ3n) is 4.32. The van der Waals surface area contributed by atoms with Crippen LogP contribution >= 0.6 is 0 Å². The monoisotopic (exact) mass is 311 g/mol. The van der Waals surface area contributed by atoms with Crippen molar-refractivity contribution >= 4 is 5.82 Å². The Bertz CT molecular complexity index is 651. The van der Waals surface area contributed by atoms with Crippen molar-refractivity contribution in [2.75, 3.05) is 18.0 Å². The predicted molar refractivity (Wildman–Crippen MR) is 92.5 cm³/mol. The maximum Gasteiger partial charge on any atom is 0.132 e. The second-order valence-corrected chi connectivity index (χ2v) is 7.26. The van der Waals surface area contributed by atoms with Crippen LogP contribution in [0, 0.1) is 12.3 Å². The van der Waals surface area contributed by atoms with Gasteiger partial charge in [0.2, 0.25) is 0 Å². The summed E-state index contributed by atoms with van der Waals surface area (Å²) < 4.78 is 6.43. The number of benzene rings is 1. The molecule has 0 unspecified atom stereocenters. The second kappa shape index (κ2) is 6.28. The van der Waals surface area contributed by atoms with Gasteiger partial charge in [-0.15, -0.1) is 0 Å². The molecule has 1 aliphatic rings. The fraction of sp³-hybridized carbons (Fsp3) is 0.474. The van der Waals surface area contributed by atoms with Crippen LogP contribution in [0.5, 0.6) is 0 Å². The minimum atomic E-state index is 0.0597. The van der Waals surface area contributed by atoms with Gasteiger partial charge in [-0.1, -0.05) is 51.1 Å². The summed E-state index contributed by atoms with van der Waals surface area (Å²) in [7, 11) is 0. The first-order valence-electron chi connectivity index (χ1n) is 8.18. The lowest BCUT2D eigenvalue weighted by Gasteiger charge is -2.44. The van der Waals surface area contributed by atoms with Gasteiger partial charge in [-0.2, -0.15) is 0 Å². The van der Waals surface area contributed by atoms with E-state index in [0.717, 1.165) is 24.7 Å². The van der Waals surface area contributed by atoms with Gasteiger partial charge in [-0.25, -0.2) is 9.97 Å². The van der Waals surface area contributed by atoms with Crippen LogP contribution in [0.2, 0.25) is 0 Å². The zero-order valence-corrected chi connectivity index (χ0v) is 14.4. The number of rotatable bonds is 2. The molecule has 0 aliphatic carbocycles. The molecule has 23 heavy (non-hydrogen) atoms. The molecule has 1 aliphatic heterocycles. The average Bonchev–Trinajstić information content (AvgIpc) is 2.54. The molecule has 2 heterocycles. The van der Waals surface area contributed by atoms with Crippen molar-refractivity contribution in [2.45, 2.75) is 39.9 Å². The number of aryl methyl sites for hydroxylation is 1. The zero-order chi connectivity index (χ0) is 16.4. The Labute approximate surface area is 138 Å². The maximum atomic E-state index is 6.43. The molecule has 2 atom stereocenters. The number of hydrogen-bond donors (Lipinski definition) is 0. The SMILES string of the molecule is Cc1nccc(N2C[C@@H](c3ccccc3)O[C@@H](C(C)(C)C)C2)n1. The first kappa shape index (κ1) is 15.9. The highest BCUT2D eigenvalue weighted by Gasteiger charge is 2.36. The summed E-state index contributed by atoms with van der Waals surface area (Å²) in [6.45, 7) is 10.3. The smallest absolute Gasteiger partial charge is 0.132 e. The Morgan fingerprint density at radius 1 is 1.09 bits per heavy atom. The largest absolute Gasteiger partial charge is 0.366 e. The van der Waals surface area contributed by atoms with Crippen LogP contribution in [0.15, 0.2) is 42.6 Å². The van der Waals surface area contributed by atoms with Gasteiger partial charge in [0.1, 0.15) is 17.7 Å². The normalized spacial score (nSPS) is 22.2. The number of aromatic nitrogens is 2. The van der Waals surface area contributed by atoms with Crippen molar-refractivity contribution in [1.29, 1.82) is 0 Å². The van der Waals surface area contributed by atoms with E-state index >= 15 is 0 Å². The Kier molecular flexibility index (Phi) is 4.35. The molecular formula is C19H25N3O. The zero-order valence-electron chi connectivity index (χ0n) is 14.4. The minimum absolute atomic E-state index is 0.0597. The topological polar surface area (TPSA) is 38.2 Å². The molecular weight excluding hydrogens is 286 g/mol. The van der Waals surface area contributed by atoms with Gasteiger partial charge in [-0.3, -0.25) is 0 Å². The molecule has 0 saturated carbocycles. The van der Waals surface area contributed by atoms with Crippen LogP contribution < -0.4 is 4.90 Å². The summed E-state index contributed by atoms with van der Waals surface area (Å²) in [5.74, 6) is 1.79. The minimum Gasteiger partial charge on any atom is -0.366 e. The van der Waals surface area contributed by atoms with E-state index in [1.165, 1.54) is 5.56 Å². The fourth-order valence-electron chi connectivity index (χ4n) is 2.90. The second-order valence-electron chi connectivity index (χ2n) is 7.26. The van der Waals surface area contributed by atoms with E-state index in [9.17, 15) is 0 Å². The number of ether oxygens (including phenoxy) is 1. The molecule has 0 amide bonds. The summed E-state index contributed by atoms with van der Waals surface area (Å²) in [6.07, 6.45) is 2.04. The van der Waals surface area contributed by atoms with E-state index < -0.39 is 0 Å². The number of anilines is 1. The summed E-state index contributed by atoms with van der Waals surface area (Å²) in [5, 5.41) is 0. The summed E-state index contributed by atoms with van der Waals surface area (Å²) in [6, 6.07) is 12.4. The van der Waals surface area contributed by atoms with Gasteiger partial charge in [-0.05, 0) is 24.0 Å². The van der Waals surface area contributed by atoms with Gasteiger partial charge in [0.25, 0.3) is 0 Å². The first-order valence-corrected chi connectivity index (χ1v) is 8.18. The number of morpholine rings is 1. The highest BCUT2D eigenvalue weighted by atomic mass is 16.5. The fourth-order valence-corrected chi connectivity index (χ4v) is 2.90. The predicted octanol–water partition coefficient (Wildman–Crippen LogP) is 3.78. The van der Waals surface area contributed by atoms with Crippen molar-refractivity contribution in [3.8, 4) is 0 Å². The van der Waals surface area contributed by atoms with Crippen molar-refractivity contribution in [2.24, 2.45) is 5.41 Å². The van der Waals surface area contributed by atoms with Crippen molar-refractivity contribution in [3.05, 3.63) is 54.0 Å². The Morgan fingerprint density at radius 3 is 2.48 bits per heavy atom. The van der Waals surface area contributed by atoms with Gasteiger partial charge >= 0.3 is 0 Å². The Hall–Kier alpha value is -1.94. The lowest BCUT2D eigenvalue weighted by molar-refractivity contribution is -0.0792. The van der Waals surface area contributed by atoms with Crippen LogP contribution in [0.25, 0.3) is 0 Å². The van der Waals surface area contributed by atoms with Crippen molar-refractivity contribution < 1.29 is 4.74 Å². The summed E-state index contributed by atoms with van der Waals surface area (Å²) in [5.41, 5.74) is 1.30. The quantitative estimate of drug-likeness (QED) is 0.846. The Morgan fingerprint density at radius 2 is 1.83 bits per heavy atom. The molecule has 2 aromatic rings. The van der Waals surface area contributed by atoms with E-state index in [4.69, 9.17) is 4.74 Å². The first-order chi connectivity index (χ1) is 10.9. The molecule has 1 aromatic heterocycles. The van der Waals surface area contributed by atoms with Gasteiger partial charge in [0.15, 0.2) is 0 Å². The lowest BCUT2D eigenvalue weighted by Crippen LogP contribution is -2.49. The van der Waals surface area contributed by atoms with E-state index in [-0.39, 0.29) is 17.6 Å². The van der Waals surface area contributed by atoms with Crippen LogP contribution in [-0.4, -0.2) is 29.2 Å². The third-order valence-corrected chi connectivity index (χ3v) is 4.32. The van der Waals surface area contributed by atoms with Crippen LogP contribution in [0.1, 0.15) is 38.3 Å². The van der Waals surface area contributed by atoms with E-state index in [1.807, 2.05) is 25.3 Å². The molecule has 4 nitrogen and oxygen atoms in total. The van der Waals surface area contributed by atoms with E-state index in [1.54, 1.807) is 0 Å². The average molecular weight is 311 g/mol. The van der Waals surface area contributed by atoms with Crippen LogP contribution in [-0.2, 0) is 4.74 Å². The third kappa shape index (κ3) is 3.70. The lowest BCUT2D eigenvalue weighted by atomic mass is 9.87. The highest BCUT2D eigenvalue weighted by molar-refractivity contribution is 5.39. The molecule has 1 fully saturated rings. The molecule has 122 valence electrons. The number of hydrogen-bond acceptors (Lipinski definition) is 4. The Balaban J connectivity index is 1.91. The van der Waals surface area contributed by atoms with Gasteiger partial charge in [0, 0.05) is 19.3 Å². The van der Waals surface area contributed by atoms with Gasteiger partial charge < -0.3 is 9.64 Å². The molecule has 1 aromatic carbocycles. The molecule has 4 heteroatoms. The summed E-state index contributed by atoms with van der Waals surface area (Å²) in [4.78, 5) is 11.1. The standard InChI is InChI=1S/C19H25N3O/c1-14-20-11-10-18(21-14)22-12-16(15-8-6-5-7-9-15)23-17(13-22)19(2,3)4/h5-11,16-17H,12-13H2,1-4H3/t16-,17+/m0/s1. The molecule has 3 rings (SSSR count). The van der Waals surface area contributed by atoms with Crippen molar-refractivity contribution in [3.63, 3.8) is 0 Å². The number of nitrogens with zero attached hydrogens (tertiary/aromatic N) is 3. The molecule has 1 saturated heterocycles. The van der Waals surface area contributed by atoms with Crippen molar-refractivity contribution in [1.82, 2.24) is 9.97 Å². The van der Waals surface area contributed by atoms with Gasteiger partial charge in [0.05, 0.1) is 6.10 Å². The highest BCUT2D eigenvalue weighted by Crippen LogP contribution is 2.34. The summed E-state index contributed by atoms with van der Waals surface area (Å²) >= 11 is 0. The molecule has 0 spiro atoms.